The molecule has 1 saturated heterocycles. The van der Waals surface area contributed by atoms with Crippen molar-refractivity contribution in [3.8, 4) is 5.75 Å². The van der Waals surface area contributed by atoms with Crippen LogP contribution in [-0.2, 0) is 4.74 Å². The monoisotopic (exact) mass is 280 g/mol. The highest BCUT2D eigenvalue weighted by Gasteiger charge is 2.17. The molecule has 1 aliphatic heterocycles. The maximum atomic E-state index is 12.2. The quantitative estimate of drug-likeness (QED) is 0.750. The normalized spacial score (nSPS) is 18.5. The van der Waals surface area contributed by atoms with Crippen molar-refractivity contribution in [2.45, 2.75) is 25.9 Å². The summed E-state index contributed by atoms with van der Waals surface area (Å²) in [6.45, 7) is 2.86. The first-order valence-corrected chi connectivity index (χ1v) is 7.73. The summed E-state index contributed by atoms with van der Waals surface area (Å²) in [7, 11) is 1.60. The lowest BCUT2D eigenvalue weighted by molar-refractivity contribution is 0.101. The second-order valence-electron chi connectivity index (χ2n) is 4.78. The van der Waals surface area contributed by atoms with E-state index in [2.05, 4.69) is 0 Å². The van der Waals surface area contributed by atoms with Gasteiger partial charge in [0.25, 0.3) is 0 Å². The molecule has 4 heteroatoms. The van der Waals surface area contributed by atoms with E-state index < -0.39 is 0 Å². The lowest BCUT2D eigenvalue weighted by atomic mass is 10.1. The summed E-state index contributed by atoms with van der Waals surface area (Å²) in [6.07, 6.45) is 2.60. The van der Waals surface area contributed by atoms with Gasteiger partial charge in [0.05, 0.1) is 24.5 Å². The molecule has 2 rings (SSSR count). The van der Waals surface area contributed by atoms with E-state index in [-0.39, 0.29) is 5.78 Å². The summed E-state index contributed by atoms with van der Waals surface area (Å²) >= 11 is 1.65. The summed E-state index contributed by atoms with van der Waals surface area (Å²) in [5.41, 5.74) is 1.77. The third-order valence-corrected chi connectivity index (χ3v) is 4.29. The molecule has 0 radical (unpaired) electrons. The van der Waals surface area contributed by atoms with Gasteiger partial charge in [-0.1, -0.05) is 6.07 Å². The number of carbonyl (C=O) groups is 1. The number of ketones is 1. The number of hydrogen-bond donors (Lipinski definition) is 0. The summed E-state index contributed by atoms with van der Waals surface area (Å²) in [4.78, 5) is 12.2. The Morgan fingerprint density at radius 2 is 2.37 bits per heavy atom. The van der Waals surface area contributed by atoms with Crippen LogP contribution in [0.5, 0.6) is 5.75 Å². The average Bonchev–Trinajstić information content (AvgIpc) is 2.91. The Balaban J connectivity index is 1.88. The predicted octanol–water partition coefficient (Wildman–Crippen LogP) is 3.10. The molecule has 0 amide bonds. The highest BCUT2D eigenvalue weighted by atomic mass is 32.2. The minimum absolute atomic E-state index is 0.125. The van der Waals surface area contributed by atoms with Crippen molar-refractivity contribution < 1.29 is 14.3 Å². The molecule has 0 saturated carbocycles. The number of hydrogen-bond acceptors (Lipinski definition) is 4. The fourth-order valence-corrected chi connectivity index (χ4v) is 3.15. The number of ether oxygens (including phenoxy) is 2. The summed E-state index contributed by atoms with van der Waals surface area (Å²) < 4.78 is 10.8. The first-order chi connectivity index (χ1) is 9.20. The van der Waals surface area contributed by atoms with Crippen molar-refractivity contribution in [1.82, 2.24) is 0 Å². The van der Waals surface area contributed by atoms with Crippen LogP contribution in [0.4, 0.5) is 0 Å². The molecule has 0 aliphatic carbocycles. The van der Waals surface area contributed by atoms with Crippen LogP contribution in [0, 0.1) is 6.92 Å². The van der Waals surface area contributed by atoms with Gasteiger partial charge in [0.15, 0.2) is 5.78 Å². The van der Waals surface area contributed by atoms with Gasteiger partial charge in [-0.2, -0.15) is 11.8 Å². The van der Waals surface area contributed by atoms with Crippen LogP contribution < -0.4 is 4.74 Å². The highest BCUT2D eigenvalue weighted by Crippen LogP contribution is 2.23. The van der Waals surface area contributed by atoms with Crippen LogP contribution in [0.1, 0.15) is 28.8 Å². The van der Waals surface area contributed by atoms with Crippen molar-refractivity contribution in [3.63, 3.8) is 0 Å². The van der Waals surface area contributed by atoms with Gasteiger partial charge in [0.2, 0.25) is 0 Å². The number of aryl methyl sites for hydroxylation is 1. The molecule has 3 nitrogen and oxygen atoms in total. The van der Waals surface area contributed by atoms with Gasteiger partial charge in [-0.05, 0) is 37.5 Å². The third-order valence-electron chi connectivity index (χ3n) is 3.22. The van der Waals surface area contributed by atoms with Crippen LogP contribution in [0.3, 0.4) is 0 Å². The number of Topliss-reactive ketones (excluding diaryl/α,β-unsaturated/α-hetero) is 1. The molecule has 19 heavy (non-hydrogen) atoms. The second-order valence-corrected chi connectivity index (χ2v) is 5.81. The Bertz CT molecular complexity index is 439. The van der Waals surface area contributed by atoms with E-state index in [9.17, 15) is 4.79 Å². The zero-order valence-electron chi connectivity index (χ0n) is 11.5. The minimum atomic E-state index is 0.125. The first kappa shape index (κ1) is 14.4. The van der Waals surface area contributed by atoms with Crippen LogP contribution in [0.15, 0.2) is 18.2 Å². The molecule has 1 heterocycles. The van der Waals surface area contributed by atoms with Crippen LogP contribution in [-0.4, -0.2) is 37.1 Å². The maximum absolute atomic E-state index is 12.2. The van der Waals surface area contributed by atoms with Crippen molar-refractivity contribution in [3.05, 3.63) is 29.3 Å². The summed E-state index contributed by atoms with van der Waals surface area (Å²) in [6, 6.07) is 5.70. The van der Waals surface area contributed by atoms with E-state index >= 15 is 0 Å². The minimum Gasteiger partial charge on any atom is -0.496 e. The van der Waals surface area contributed by atoms with Gasteiger partial charge in [-0.25, -0.2) is 0 Å². The molecule has 1 unspecified atom stereocenters. The van der Waals surface area contributed by atoms with Crippen molar-refractivity contribution >= 4 is 17.5 Å². The van der Waals surface area contributed by atoms with E-state index in [1.165, 1.54) is 0 Å². The molecule has 1 aromatic carbocycles. The molecule has 1 aliphatic rings. The molecular weight excluding hydrogens is 260 g/mol. The molecule has 0 bridgehead atoms. The zero-order chi connectivity index (χ0) is 13.7. The zero-order valence-corrected chi connectivity index (χ0v) is 12.3. The topological polar surface area (TPSA) is 35.5 Å². The molecule has 1 aromatic rings. The highest BCUT2D eigenvalue weighted by molar-refractivity contribution is 8.00. The number of benzene rings is 1. The average molecular weight is 280 g/mol. The van der Waals surface area contributed by atoms with E-state index in [0.29, 0.717) is 23.2 Å². The van der Waals surface area contributed by atoms with Crippen LogP contribution in [0.2, 0.25) is 0 Å². The second kappa shape index (κ2) is 6.96. The molecule has 0 N–H and O–H groups in total. The molecule has 1 atom stereocenters. The number of thioether (sulfide) groups is 1. The van der Waals surface area contributed by atoms with E-state index in [4.69, 9.17) is 9.47 Å². The smallest absolute Gasteiger partial charge is 0.176 e. The molecule has 0 spiro atoms. The van der Waals surface area contributed by atoms with Crippen molar-refractivity contribution in [2.24, 2.45) is 0 Å². The van der Waals surface area contributed by atoms with Gasteiger partial charge in [0.1, 0.15) is 5.75 Å². The standard InChI is InChI=1S/C15H20O3S/c1-11-5-6-13(15(8-11)17-2)14(16)10-19-9-12-4-3-7-18-12/h5-6,8,12H,3-4,7,9-10H2,1-2H3. The maximum Gasteiger partial charge on any atom is 0.176 e. The third kappa shape index (κ3) is 3.98. The number of carbonyl (C=O) groups excluding carboxylic acids is 1. The van der Waals surface area contributed by atoms with Gasteiger partial charge >= 0.3 is 0 Å². The number of methoxy groups -OCH3 is 1. The molecule has 104 valence electrons. The Labute approximate surface area is 118 Å². The summed E-state index contributed by atoms with van der Waals surface area (Å²) in [5.74, 6) is 2.18. The van der Waals surface area contributed by atoms with E-state index in [1.807, 2.05) is 25.1 Å². The van der Waals surface area contributed by atoms with E-state index in [0.717, 1.165) is 30.8 Å². The van der Waals surface area contributed by atoms with Gasteiger partial charge in [-0.15, -0.1) is 0 Å². The lowest BCUT2D eigenvalue weighted by Crippen LogP contribution is -2.11. The van der Waals surface area contributed by atoms with Crippen LogP contribution in [0.25, 0.3) is 0 Å². The Hall–Kier alpha value is -1.00. The lowest BCUT2D eigenvalue weighted by Gasteiger charge is -2.10. The predicted molar refractivity (Wildman–Crippen MR) is 78.4 cm³/mol. The first-order valence-electron chi connectivity index (χ1n) is 6.58. The largest absolute Gasteiger partial charge is 0.496 e. The van der Waals surface area contributed by atoms with Gasteiger partial charge in [-0.3, -0.25) is 4.79 Å². The fourth-order valence-electron chi connectivity index (χ4n) is 2.17. The van der Waals surface area contributed by atoms with Crippen molar-refractivity contribution in [2.75, 3.05) is 25.2 Å². The molecular formula is C15H20O3S. The molecule has 1 fully saturated rings. The summed E-state index contributed by atoms with van der Waals surface area (Å²) in [5, 5.41) is 0. The van der Waals surface area contributed by atoms with E-state index in [1.54, 1.807) is 18.9 Å². The Morgan fingerprint density at radius 1 is 1.53 bits per heavy atom. The van der Waals surface area contributed by atoms with Crippen molar-refractivity contribution in [1.29, 1.82) is 0 Å². The number of rotatable bonds is 6. The fraction of sp³-hybridized carbons (Fsp3) is 0.533. The van der Waals surface area contributed by atoms with Gasteiger partial charge < -0.3 is 9.47 Å². The Kier molecular flexibility index (Phi) is 5.28. The molecule has 0 aromatic heterocycles. The van der Waals surface area contributed by atoms with Gasteiger partial charge in [0, 0.05) is 12.4 Å². The van der Waals surface area contributed by atoms with Crippen LogP contribution >= 0.6 is 11.8 Å². The Morgan fingerprint density at radius 3 is 3.05 bits per heavy atom. The SMILES string of the molecule is COc1cc(C)ccc1C(=O)CSCC1CCCO1.